The Hall–Kier alpha value is -3.94. The highest BCUT2D eigenvalue weighted by Gasteiger charge is 2.31. The first kappa shape index (κ1) is 19.4. The SMILES string of the molecule is Nn1ccc2ccccc21.O=c1cc(C(F)(F)F)ccn1-n1ccc2ccccc21. The zero-order valence-electron chi connectivity index (χ0n) is 15.6. The summed E-state index contributed by atoms with van der Waals surface area (Å²) in [5, 5.41) is 2.09. The molecule has 0 radical (unpaired) electrons. The van der Waals surface area contributed by atoms with Gasteiger partial charge in [0.05, 0.1) is 16.6 Å². The zero-order chi connectivity index (χ0) is 21.3. The molecule has 152 valence electrons. The van der Waals surface area contributed by atoms with E-state index >= 15 is 0 Å². The quantitative estimate of drug-likeness (QED) is 0.414. The van der Waals surface area contributed by atoms with Crippen LogP contribution in [0, 0.1) is 0 Å². The number of nitrogens with two attached hydrogens (primary N) is 1. The van der Waals surface area contributed by atoms with Crippen molar-refractivity contribution in [3.8, 4) is 0 Å². The fourth-order valence-electron chi connectivity index (χ4n) is 3.19. The highest BCUT2D eigenvalue weighted by molar-refractivity contribution is 5.80. The van der Waals surface area contributed by atoms with Gasteiger partial charge in [0, 0.05) is 35.4 Å². The van der Waals surface area contributed by atoms with Crippen molar-refractivity contribution in [2.45, 2.75) is 6.18 Å². The van der Waals surface area contributed by atoms with Crippen LogP contribution in [0.2, 0.25) is 0 Å². The number of fused-ring (bicyclic) bond motifs is 2. The van der Waals surface area contributed by atoms with Gasteiger partial charge in [-0.2, -0.15) is 13.2 Å². The van der Waals surface area contributed by atoms with Gasteiger partial charge in [-0.1, -0.05) is 36.4 Å². The molecule has 0 saturated heterocycles. The summed E-state index contributed by atoms with van der Waals surface area (Å²) < 4.78 is 41.9. The minimum absolute atomic E-state index is 0.592. The van der Waals surface area contributed by atoms with E-state index in [9.17, 15) is 18.0 Å². The number of pyridine rings is 1. The Bertz CT molecular complexity index is 1380. The number of hydrogen-bond donors (Lipinski definition) is 1. The zero-order valence-corrected chi connectivity index (χ0v) is 15.6. The van der Waals surface area contributed by atoms with Gasteiger partial charge >= 0.3 is 6.18 Å². The van der Waals surface area contributed by atoms with E-state index in [1.165, 1.54) is 10.1 Å². The van der Waals surface area contributed by atoms with Crippen molar-refractivity contribution < 1.29 is 13.2 Å². The topological polar surface area (TPSA) is 57.9 Å². The predicted molar refractivity (Wildman–Crippen MR) is 111 cm³/mol. The van der Waals surface area contributed by atoms with E-state index in [1.54, 1.807) is 29.1 Å². The Morgan fingerprint density at radius 1 is 0.700 bits per heavy atom. The van der Waals surface area contributed by atoms with E-state index in [-0.39, 0.29) is 0 Å². The first-order valence-electron chi connectivity index (χ1n) is 9.02. The number of nitrogen functional groups attached to an aromatic ring is 1. The molecule has 0 aliphatic heterocycles. The monoisotopic (exact) mass is 410 g/mol. The number of nitrogens with zero attached hydrogens (tertiary/aromatic N) is 3. The van der Waals surface area contributed by atoms with Crippen molar-refractivity contribution in [1.82, 2.24) is 14.0 Å². The second-order valence-corrected chi connectivity index (χ2v) is 6.60. The smallest absolute Gasteiger partial charge is 0.339 e. The van der Waals surface area contributed by atoms with E-state index in [1.807, 2.05) is 48.7 Å². The summed E-state index contributed by atoms with van der Waals surface area (Å²) >= 11 is 0. The van der Waals surface area contributed by atoms with E-state index in [0.717, 1.165) is 33.4 Å². The van der Waals surface area contributed by atoms with Gasteiger partial charge in [0.25, 0.3) is 5.56 Å². The van der Waals surface area contributed by atoms with E-state index in [4.69, 9.17) is 5.84 Å². The van der Waals surface area contributed by atoms with Crippen LogP contribution in [0.4, 0.5) is 13.2 Å². The number of aromatic nitrogens is 3. The Labute approximate surface area is 168 Å². The Kier molecular flexibility index (Phi) is 4.83. The molecule has 0 saturated carbocycles. The van der Waals surface area contributed by atoms with Crippen LogP contribution < -0.4 is 11.4 Å². The molecule has 3 aromatic heterocycles. The maximum absolute atomic E-state index is 12.5. The summed E-state index contributed by atoms with van der Waals surface area (Å²) in [6.45, 7) is 0. The van der Waals surface area contributed by atoms with Crippen LogP contribution in [0.5, 0.6) is 0 Å². The Balaban J connectivity index is 0.000000181. The van der Waals surface area contributed by atoms with Crippen LogP contribution in [0.15, 0.2) is 96.2 Å². The number of benzene rings is 2. The maximum atomic E-state index is 12.5. The van der Waals surface area contributed by atoms with Crippen LogP contribution in [0.1, 0.15) is 5.56 Å². The molecule has 0 fully saturated rings. The van der Waals surface area contributed by atoms with Gasteiger partial charge in [-0.3, -0.25) is 14.1 Å². The Morgan fingerprint density at radius 3 is 1.90 bits per heavy atom. The highest BCUT2D eigenvalue weighted by Crippen LogP contribution is 2.27. The van der Waals surface area contributed by atoms with Gasteiger partial charge in [-0.25, -0.2) is 4.68 Å². The van der Waals surface area contributed by atoms with E-state index in [2.05, 4.69) is 0 Å². The molecule has 0 unspecified atom stereocenters. The van der Waals surface area contributed by atoms with Crippen molar-refractivity contribution in [3.05, 3.63) is 107 Å². The summed E-state index contributed by atoms with van der Waals surface area (Å²) in [4.78, 5) is 11.9. The van der Waals surface area contributed by atoms with Crippen LogP contribution in [-0.4, -0.2) is 14.0 Å². The molecule has 8 heteroatoms. The molecule has 0 atom stereocenters. The summed E-state index contributed by atoms with van der Waals surface area (Å²) in [6, 6.07) is 20.6. The second kappa shape index (κ2) is 7.47. The average Bonchev–Trinajstić information content (AvgIpc) is 3.32. The number of rotatable bonds is 1. The lowest BCUT2D eigenvalue weighted by molar-refractivity contribution is -0.137. The van der Waals surface area contributed by atoms with Gasteiger partial charge < -0.3 is 5.84 Å². The summed E-state index contributed by atoms with van der Waals surface area (Å²) in [5.41, 5.74) is 0.133. The van der Waals surface area contributed by atoms with Gasteiger partial charge in [-0.15, -0.1) is 0 Å². The van der Waals surface area contributed by atoms with Crippen LogP contribution in [-0.2, 0) is 6.18 Å². The molecule has 0 aliphatic rings. The minimum Gasteiger partial charge on any atom is -0.339 e. The van der Waals surface area contributed by atoms with Crippen molar-refractivity contribution >= 4 is 21.8 Å². The lowest BCUT2D eigenvalue weighted by Crippen LogP contribution is -2.25. The first-order chi connectivity index (χ1) is 14.3. The third kappa shape index (κ3) is 3.67. The van der Waals surface area contributed by atoms with E-state index < -0.39 is 17.3 Å². The van der Waals surface area contributed by atoms with Gasteiger partial charge in [0.15, 0.2) is 0 Å². The molecule has 2 aromatic carbocycles. The van der Waals surface area contributed by atoms with Crippen LogP contribution >= 0.6 is 0 Å². The standard InChI is InChI=1S/C14H9F3N2O.C8H8N2/c15-14(16,17)11-6-8-19(13(20)9-11)18-7-5-10-3-1-2-4-12(10)18;9-10-6-5-7-3-1-2-4-8(7)10/h1-9H;1-6H,9H2. The fraction of sp³-hybridized carbons (Fsp3) is 0.0455. The molecule has 0 amide bonds. The summed E-state index contributed by atoms with van der Waals surface area (Å²) in [5.74, 6) is 5.59. The number of halogens is 3. The fourth-order valence-corrected chi connectivity index (χ4v) is 3.19. The number of hydrogen-bond acceptors (Lipinski definition) is 2. The third-order valence-corrected chi connectivity index (χ3v) is 4.67. The molecule has 3 heterocycles. The molecule has 0 bridgehead atoms. The van der Waals surface area contributed by atoms with Gasteiger partial charge in [0.2, 0.25) is 0 Å². The lowest BCUT2D eigenvalue weighted by atomic mass is 10.2. The Morgan fingerprint density at radius 2 is 1.27 bits per heavy atom. The first-order valence-corrected chi connectivity index (χ1v) is 9.02. The highest BCUT2D eigenvalue weighted by atomic mass is 19.4. The van der Waals surface area contributed by atoms with Crippen LogP contribution in [0.25, 0.3) is 21.8 Å². The number of alkyl halides is 3. The normalized spacial score (nSPS) is 11.4. The second-order valence-electron chi connectivity index (χ2n) is 6.60. The van der Waals surface area contributed by atoms with Gasteiger partial charge in [0.1, 0.15) is 0 Å². The van der Waals surface area contributed by atoms with E-state index in [0.29, 0.717) is 6.07 Å². The van der Waals surface area contributed by atoms with Gasteiger partial charge in [-0.05, 0) is 30.3 Å². The molecule has 5 aromatic rings. The predicted octanol–water partition coefficient (Wildman–Crippen LogP) is 4.49. The molecule has 0 aliphatic carbocycles. The van der Waals surface area contributed by atoms with Crippen LogP contribution in [0.3, 0.4) is 0 Å². The van der Waals surface area contributed by atoms with Crippen molar-refractivity contribution in [2.24, 2.45) is 0 Å². The minimum atomic E-state index is -4.52. The van der Waals surface area contributed by atoms with Crippen molar-refractivity contribution in [3.63, 3.8) is 0 Å². The maximum Gasteiger partial charge on any atom is 0.416 e. The van der Waals surface area contributed by atoms with Crippen molar-refractivity contribution in [1.29, 1.82) is 0 Å². The molecule has 30 heavy (non-hydrogen) atoms. The molecular weight excluding hydrogens is 393 g/mol. The molecular formula is C22H17F3N4O. The largest absolute Gasteiger partial charge is 0.416 e. The molecule has 2 N–H and O–H groups in total. The third-order valence-electron chi connectivity index (χ3n) is 4.67. The molecule has 5 rings (SSSR count). The molecule has 5 nitrogen and oxygen atoms in total. The summed E-state index contributed by atoms with van der Waals surface area (Å²) in [7, 11) is 0. The average molecular weight is 410 g/mol. The van der Waals surface area contributed by atoms with Crippen molar-refractivity contribution in [2.75, 3.05) is 5.84 Å². The number of para-hydroxylation sites is 2. The summed E-state index contributed by atoms with van der Waals surface area (Å²) in [6.07, 6.45) is 0.0958. The molecule has 0 spiro atoms. The lowest BCUT2D eigenvalue weighted by Gasteiger charge is -2.11.